The summed E-state index contributed by atoms with van der Waals surface area (Å²) in [5.41, 5.74) is 2.20. The Morgan fingerprint density at radius 3 is 2.76 bits per heavy atom. The van der Waals surface area contributed by atoms with Crippen LogP contribution in [0.4, 0.5) is 0 Å². The molecule has 0 aliphatic carbocycles. The smallest absolute Gasteiger partial charge is 0.274 e. The van der Waals surface area contributed by atoms with Gasteiger partial charge in [-0.15, -0.1) is 0 Å². The van der Waals surface area contributed by atoms with Gasteiger partial charge in [0.1, 0.15) is 0 Å². The molecule has 6 heteroatoms. The fraction of sp³-hybridized carbons (Fsp3) is 0.333. The van der Waals surface area contributed by atoms with E-state index in [0.29, 0.717) is 37.0 Å². The summed E-state index contributed by atoms with van der Waals surface area (Å²) in [6.45, 7) is 4.31. The number of halogens is 1. The Labute approximate surface area is 128 Å². The van der Waals surface area contributed by atoms with E-state index in [9.17, 15) is 4.79 Å². The molecule has 1 fully saturated rings. The van der Waals surface area contributed by atoms with Crippen LogP contribution in [0.1, 0.15) is 16.2 Å². The van der Waals surface area contributed by atoms with Gasteiger partial charge in [-0.05, 0) is 31.2 Å². The molecule has 2 heterocycles. The Hall–Kier alpha value is -1.85. The summed E-state index contributed by atoms with van der Waals surface area (Å²) in [7, 11) is 0. The van der Waals surface area contributed by atoms with Gasteiger partial charge in [-0.1, -0.05) is 17.7 Å². The van der Waals surface area contributed by atoms with Gasteiger partial charge < -0.3 is 9.64 Å². The zero-order valence-corrected chi connectivity index (χ0v) is 12.5. The number of nitrogens with zero attached hydrogens (tertiary/aromatic N) is 3. The average molecular weight is 306 g/mol. The molecule has 0 saturated carbocycles. The number of benzene rings is 1. The number of carbonyl (C=O) groups excluding carboxylic acids is 1. The molecular weight excluding hydrogens is 290 g/mol. The fourth-order valence-electron chi connectivity index (χ4n) is 2.38. The summed E-state index contributed by atoms with van der Waals surface area (Å²) in [6.07, 6.45) is 0. The van der Waals surface area contributed by atoms with Gasteiger partial charge in [-0.3, -0.25) is 4.79 Å². The monoisotopic (exact) mass is 305 g/mol. The van der Waals surface area contributed by atoms with Crippen molar-refractivity contribution in [3.63, 3.8) is 0 Å². The van der Waals surface area contributed by atoms with Gasteiger partial charge in [0.2, 0.25) is 0 Å². The molecular formula is C15H16ClN3O2. The molecule has 1 aromatic heterocycles. The van der Waals surface area contributed by atoms with E-state index in [1.165, 1.54) is 0 Å². The molecule has 0 spiro atoms. The van der Waals surface area contributed by atoms with E-state index in [-0.39, 0.29) is 5.91 Å². The number of aromatic nitrogens is 2. The second-order valence-electron chi connectivity index (χ2n) is 4.97. The summed E-state index contributed by atoms with van der Waals surface area (Å²) in [5.74, 6) is -0.0535. The number of aryl methyl sites for hydroxylation is 1. The maximum absolute atomic E-state index is 12.4. The molecule has 2 aromatic rings. The first-order valence-corrected chi connectivity index (χ1v) is 7.22. The molecule has 1 saturated heterocycles. The molecule has 110 valence electrons. The maximum atomic E-state index is 12.4. The van der Waals surface area contributed by atoms with Gasteiger partial charge in [0.25, 0.3) is 5.91 Å². The normalized spacial score (nSPS) is 15.2. The Bertz CT molecular complexity index is 663. The number of hydrogen-bond acceptors (Lipinski definition) is 3. The van der Waals surface area contributed by atoms with Crippen molar-refractivity contribution in [1.29, 1.82) is 0 Å². The quantitative estimate of drug-likeness (QED) is 0.855. The highest BCUT2D eigenvalue weighted by molar-refractivity contribution is 6.30. The summed E-state index contributed by atoms with van der Waals surface area (Å²) >= 11 is 6.01. The number of hydrogen-bond donors (Lipinski definition) is 0. The molecule has 1 aliphatic rings. The van der Waals surface area contributed by atoms with Gasteiger partial charge in [-0.2, -0.15) is 5.10 Å². The zero-order valence-electron chi connectivity index (χ0n) is 11.8. The largest absolute Gasteiger partial charge is 0.378 e. The summed E-state index contributed by atoms with van der Waals surface area (Å²) in [6, 6.07) is 9.21. The molecule has 21 heavy (non-hydrogen) atoms. The van der Waals surface area contributed by atoms with E-state index in [2.05, 4.69) is 5.10 Å². The van der Waals surface area contributed by atoms with Crippen molar-refractivity contribution in [3.05, 3.63) is 46.7 Å². The molecule has 0 unspecified atom stereocenters. The van der Waals surface area contributed by atoms with Crippen LogP contribution in [-0.2, 0) is 4.74 Å². The van der Waals surface area contributed by atoms with Gasteiger partial charge in [0.05, 0.1) is 18.9 Å². The minimum atomic E-state index is -0.0535. The van der Waals surface area contributed by atoms with Crippen LogP contribution in [0.5, 0.6) is 0 Å². The van der Waals surface area contributed by atoms with Gasteiger partial charge >= 0.3 is 0 Å². The maximum Gasteiger partial charge on any atom is 0.274 e. The lowest BCUT2D eigenvalue weighted by atomic mass is 10.3. The van der Waals surface area contributed by atoms with E-state index in [4.69, 9.17) is 16.3 Å². The van der Waals surface area contributed by atoms with Gasteiger partial charge in [-0.25, -0.2) is 4.68 Å². The number of morpholine rings is 1. The fourth-order valence-corrected chi connectivity index (χ4v) is 2.56. The predicted molar refractivity (Wildman–Crippen MR) is 80.0 cm³/mol. The third-order valence-electron chi connectivity index (χ3n) is 3.46. The zero-order chi connectivity index (χ0) is 14.8. The first-order valence-electron chi connectivity index (χ1n) is 6.85. The molecule has 3 rings (SSSR count). The summed E-state index contributed by atoms with van der Waals surface area (Å²) in [4.78, 5) is 14.2. The molecule has 0 bridgehead atoms. The second-order valence-corrected chi connectivity index (χ2v) is 5.40. The third kappa shape index (κ3) is 2.94. The van der Waals surface area contributed by atoms with E-state index < -0.39 is 0 Å². The first-order chi connectivity index (χ1) is 10.1. The Morgan fingerprint density at radius 2 is 2.05 bits per heavy atom. The van der Waals surface area contributed by atoms with E-state index in [1.807, 2.05) is 31.2 Å². The van der Waals surface area contributed by atoms with Crippen LogP contribution in [0.2, 0.25) is 5.02 Å². The molecule has 5 nitrogen and oxygen atoms in total. The van der Waals surface area contributed by atoms with Gasteiger partial charge in [0, 0.05) is 23.8 Å². The minimum absolute atomic E-state index is 0.0535. The minimum Gasteiger partial charge on any atom is -0.378 e. The number of ether oxygens (including phenoxy) is 1. The second kappa shape index (κ2) is 5.87. The van der Waals surface area contributed by atoms with Crippen molar-refractivity contribution in [1.82, 2.24) is 14.7 Å². The van der Waals surface area contributed by atoms with Crippen molar-refractivity contribution in [2.45, 2.75) is 6.92 Å². The number of carbonyl (C=O) groups is 1. The molecule has 0 atom stereocenters. The lowest BCUT2D eigenvalue weighted by Gasteiger charge is -2.25. The number of amides is 1. The lowest BCUT2D eigenvalue weighted by Crippen LogP contribution is -2.40. The highest BCUT2D eigenvalue weighted by Crippen LogP contribution is 2.17. The standard InChI is InChI=1S/C15H16ClN3O2/c1-11-9-14(15(20)18-5-7-21-8-6-18)17-19(11)13-4-2-3-12(16)10-13/h2-4,9-10H,5-8H2,1H3. The summed E-state index contributed by atoms with van der Waals surface area (Å²) < 4.78 is 7.00. The summed E-state index contributed by atoms with van der Waals surface area (Å²) in [5, 5.41) is 5.06. The highest BCUT2D eigenvalue weighted by atomic mass is 35.5. The van der Waals surface area contributed by atoms with Crippen LogP contribution in [0, 0.1) is 6.92 Å². The van der Waals surface area contributed by atoms with Crippen LogP contribution in [-0.4, -0.2) is 46.9 Å². The molecule has 0 N–H and O–H groups in total. The number of rotatable bonds is 2. The van der Waals surface area contributed by atoms with E-state index in [1.54, 1.807) is 15.6 Å². The van der Waals surface area contributed by atoms with Crippen molar-refractivity contribution in [2.75, 3.05) is 26.3 Å². The van der Waals surface area contributed by atoms with Crippen LogP contribution in [0.15, 0.2) is 30.3 Å². The SMILES string of the molecule is Cc1cc(C(=O)N2CCOCC2)nn1-c1cccc(Cl)c1. The van der Waals surface area contributed by atoms with Crippen molar-refractivity contribution in [2.24, 2.45) is 0 Å². The molecule has 1 aromatic carbocycles. The van der Waals surface area contributed by atoms with Crippen LogP contribution < -0.4 is 0 Å². The van der Waals surface area contributed by atoms with Crippen LogP contribution in [0.25, 0.3) is 5.69 Å². The van der Waals surface area contributed by atoms with Crippen LogP contribution >= 0.6 is 11.6 Å². The average Bonchev–Trinajstić information content (AvgIpc) is 2.89. The van der Waals surface area contributed by atoms with Crippen molar-refractivity contribution < 1.29 is 9.53 Å². The van der Waals surface area contributed by atoms with Gasteiger partial charge in [0.15, 0.2) is 5.69 Å². The van der Waals surface area contributed by atoms with Crippen molar-refractivity contribution in [3.8, 4) is 5.69 Å². The highest BCUT2D eigenvalue weighted by Gasteiger charge is 2.21. The molecule has 1 aliphatic heterocycles. The Morgan fingerprint density at radius 1 is 1.29 bits per heavy atom. The third-order valence-corrected chi connectivity index (χ3v) is 3.69. The van der Waals surface area contributed by atoms with Crippen LogP contribution in [0.3, 0.4) is 0 Å². The topological polar surface area (TPSA) is 47.4 Å². The van der Waals surface area contributed by atoms with E-state index >= 15 is 0 Å². The Kier molecular flexibility index (Phi) is 3.94. The van der Waals surface area contributed by atoms with E-state index in [0.717, 1.165) is 11.4 Å². The Balaban J connectivity index is 1.88. The molecule has 0 radical (unpaired) electrons. The lowest BCUT2D eigenvalue weighted by molar-refractivity contribution is 0.0298. The predicted octanol–water partition coefficient (Wildman–Crippen LogP) is 2.31. The first kappa shape index (κ1) is 14.1. The van der Waals surface area contributed by atoms with Crippen molar-refractivity contribution >= 4 is 17.5 Å². The molecule has 1 amide bonds.